The van der Waals surface area contributed by atoms with Gasteiger partial charge in [0.2, 0.25) is 0 Å². The maximum atomic E-state index is 12.3. The van der Waals surface area contributed by atoms with E-state index < -0.39 is 0 Å². The molecule has 3 rings (SSSR count). The number of carbonyl (C=O) groups excluding carboxylic acids is 2. The van der Waals surface area contributed by atoms with Gasteiger partial charge < -0.3 is 19.3 Å². The Balaban J connectivity index is 1.46. The van der Waals surface area contributed by atoms with E-state index in [2.05, 4.69) is 0 Å². The summed E-state index contributed by atoms with van der Waals surface area (Å²) >= 11 is 6.08. The topological polar surface area (TPSA) is 59.1 Å². The minimum Gasteiger partial charge on any atom is -0.482 e. The Morgan fingerprint density at radius 2 is 1.96 bits per heavy atom. The number of ether oxygens (including phenoxy) is 2. The number of aryl methyl sites for hydroxylation is 1. The highest BCUT2D eigenvalue weighted by atomic mass is 35.5. The molecule has 7 heteroatoms. The molecule has 1 atom stereocenters. The molecule has 2 heterocycles. The van der Waals surface area contributed by atoms with Crippen LogP contribution in [-0.2, 0) is 14.3 Å². The van der Waals surface area contributed by atoms with Gasteiger partial charge in [0.15, 0.2) is 6.61 Å². The number of rotatable bonds is 4. The fourth-order valence-electron chi connectivity index (χ4n) is 3.10. The van der Waals surface area contributed by atoms with Crippen molar-refractivity contribution in [2.45, 2.75) is 25.9 Å². The van der Waals surface area contributed by atoms with E-state index >= 15 is 0 Å². The zero-order chi connectivity index (χ0) is 17.8. The highest BCUT2D eigenvalue weighted by molar-refractivity contribution is 6.32. The first kappa shape index (κ1) is 18.0. The van der Waals surface area contributed by atoms with Gasteiger partial charge in [0.25, 0.3) is 11.8 Å². The molecule has 0 aromatic heterocycles. The third kappa shape index (κ3) is 4.44. The highest BCUT2D eigenvalue weighted by Gasteiger charge is 2.31. The van der Waals surface area contributed by atoms with Gasteiger partial charge >= 0.3 is 0 Å². The van der Waals surface area contributed by atoms with Crippen LogP contribution in [0.15, 0.2) is 18.2 Å². The number of piperazine rings is 1. The lowest BCUT2D eigenvalue weighted by Gasteiger charge is -2.35. The Hall–Kier alpha value is -1.79. The standard InChI is InChI=1S/C18H23ClN2O4/c1-13-4-5-14(19)16(11-13)25-12-17(22)20-6-8-21(9-7-20)18(23)15-3-2-10-24-15/h4-5,11,15H,2-3,6-10,12H2,1H3. The lowest BCUT2D eigenvalue weighted by molar-refractivity contribution is -0.146. The zero-order valence-corrected chi connectivity index (χ0v) is 15.1. The van der Waals surface area contributed by atoms with Gasteiger partial charge in [-0.3, -0.25) is 9.59 Å². The summed E-state index contributed by atoms with van der Waals surface area (Å²) in [5.41, 5.74) is 1.02. The van der Waals surface area contributed by atoms with Crippen LogP contribution in [0, 0.1) is 6.92 Å². The summed E-state index contributed by atoms with van der Waals surface area (Å²) < 4.78 is 11.0. The van der Waals surface area contributed by atoms with Crippen molar-refractivity contribution >= 4 is 23.4 Å². The largest absolute Gasteiger partial charge is 0.482 e. The first-order valence-electron chi connectivity index (χ1n) is 8.62. The molecule has 2 aliphatic heterocycles. The van der Waals surface area contributed by atoms with Crippen LogP contribution in [0.3, 0.4) is 0 Å². The number of benzene rings is 1. The maximum absolute atomic E-state index is 12.3. The van der Waals surface area contributed by atoms with E-state index in [-0.39, 0.29) is 24.5 Å². The van der Waals surface area contributed by atoms with Crippen LogP contribution in [0.4, 0.5) is 0 Å². The van der Waals surface area contributed by atoms with E-state index in [1.54, 1.807) is 15.9 Å². The second-order valence-electron chi connectivity index (χ2n) is 6.43. The first-order chi connectivity index (χ1) is 12.0. The van der Waals surface area contributed by atoms with Gasteiger partial charge in [-0.1, -0.05) is 17.7 Å². The van der Waals surface area contributed by atoms with E-state index in [0.717, 1.165) is 18.4 Å². The van der Waals surface area contributed by atoms with Crippen LogP contribution in [0.2, 0.25) is 5.02 Å². The minimum atomic E-state index is -0.297. The Labute approximate surface area is 152 Å². The van der Waals surface area contributed by atoms with E-state index in [4.69, 9.17) is 21.1 Å². The van der Waals surface area contributed by atoms with Crippen LogP contribution >= 0.6 is 11.6 Å². The van der Waals surface area contributed by atoms with Gasteiger partial charge in [-0.15, -0.1) is 0 Å². The van der Waals surface area contributed by atoms with Crippen molar-refractivity contribution in [3.8, 4) is 5.75 Å². The van der Waals surface area contributed by atoms with Crippen molar-refractivity contribution in [3.05, 3.63) is 28.8 Å². The molecule has 1 unspecified atom stereocenters. The molecular weight excluding hydrogens is 344 g/mol. The van der Waals surface area contributed by atoms with Crippen molar-refractivity contribution in [3.63, 3.8) is 0 Å². The summed E-state index contributed by atoms with van der Waals surface area (Å²) in [7, 11) is 0. The number of hydrogen-bond donors (Lipinski definition) is 0. The quantitative estimate of drug-likeness (QED) is 0.816. The molecule has 0 spiro atoms. The van der Waals surface area contributed by atoms with Crippen LogP contribution in [0.5, 0.6) is 5.75 Å². The molecule has 2 amide bonds. The third-order valence-corrected chi connectivity index (χ3v) is 4.90. The molecule has 25 heavy (non-hydrogen) atoms. The monoisotopic (exact) mass is 366 g/mol. The van der Waals surface area contributed by atoms with Crippen molar-refractivity contribution < 1.29 is 19.1 Å². The van der Waals surface area contributed by atoms with Gasteiger partial charge in [0, 0.05) is 32.8 Å². The third-order valence-electron chi connectivity index (χ3n) is 4.59. The molecule has 2 saturated heterocycles. The van der Waals surface area contributed by atoms with Gasteiger partial charge in [0.05, 0.1) is 5.02 Å². The van der Waals surface area contributed by atoms with Gasteiger partial charge in [-0.05, 0) is 37.5 Å². The minimum absolute atomic E-state index is 0.0485. The first-order valence-corrected chi connectivity index (χ1v) is 8.99. The Morgan fingerprint density at radius 1 is 1.24 bits per heavy atom. The fourth-order valence-corrected chi connectivity index (χ4v) is 3.28. The van der Waals surface area contributed by atoms with E-state index in [1.165, 1.54) is 0 Å². The molecule has 0 saturated carbocycles. The molecule has 0 N–H and O–H groups in total. The van der Waals surface area contributed by atoms with Gasteiger partial charge in [-0.2, -0.15) is 0 Å². The summed E-state index contributed by atoms with van der Waals surface area (Å²) in [6, 6.07) is 5.46. The Kier molecular flexibility index (Phi) is 5.81. The number of hydrogen-bond acceptors (Lipinski definition) is 4. The molecule has 0 bridgehead atoms. The molecule has 0 radical (unpaired) electrons. The average molecular weight is 367 g/mol. The maximum Gasteiger partial charge on any atom is 0.260 e. The molecule has 0 aliphatic carbocycles. The van der Waals surface area contributed by atoms with Crippen LogP contribution in [0.25, 0.3) is 0 Å². The van der Waals surface area contributed by atoms with Gasteiger partial charge in [0.1, 0.15) is 11.9 Å². The smallest absolute Gasteiger partial charge is 0.260 e. The van der Waals surface area contributed by atoms with Crippen molar-refractivity contribution in [2.75, 3.05) is 39.4 Å². The number of carbonyl (C=O) groups is 2. The predicted molar refractivity (Wildman–Crippen MR) is 93.8 cm³/mol. The normalized spacial score (nSPS) is 20.6. The number of amides is 2. The average Bonchev–Trinajstić information content (AvgIpc) is 3.16. The molecule has 2 fully saturated rings. The summed E-state index contributed by atoms with van der Waals surface area (Å²) in [4.78, 5) is 28.2. The van der Waals surface area contributed by atoms with Crippen molar-refractivity contribution in [1.82, 2.24) is 9.80 Å². The summed E-state index contributed by atoms with van der Waals surface area (Å²) in [5, 5.41) is 0.491. The summed E-state index contributed by atoms with van der Waals surface area (Å²) in [5.74, 6) is 0.469. The van der Waals surface area contributed by atoms with E-state index in [9.17, 15) is 9.59 Å². The fraction of sp³-hybridized carbons (Fsp3) is 0.556. The molecule has 6 nitrogen and oxygen atoms in total. The number of halogens is 1. The van der Waals surface area contributed by atoms with Crippen LogP contribution in [-0.4, -0.2) is 67.1 Å². The Morgan fingerprint density at radius 3 is 2.64 bits per heavy atom. The van der Waals surface area contributed by atoms with Gasteiger partial charge in [-0.25, -0.2) is 0 Å². The lowest BCUT2D eigenvalue weighted by atomic mass is 10.2. The summed E-state index contributed by atoms with van der Waals surface area (Å²) in [6.07, 6.45) is 1.44. The predicted octanol–water partition coefficient (Wildman–Crippen LogP) is 1.88. The van der Waals surface area contributed by atoms with Crippen LogP contribution < -0.4 is 4.74 Å². The second kappa shape index (κ2) is 8.06. The lowest BCUT2D eigenvalue weighted by Crippen LogP contribution is -2.53. The number of nitrogens with zero attached hydrogens (tertiary/aromatic N) is 2. The molecule has 136 valence electrons. The van der Waals surface area contributed by atoms with Crippen molar-refractivity contribution in [1.29, 1.82) is 0 Å². The highest BCUT2D eigenvalue weighted by Crippen LogP contribution is 2.25. The van der Waals surface area contributed by atoms with E-state index in [1.807, 2.05) is 19.1 Å². The van der Waals surface area contributed by atoms with Crippen molar-refractivity contribution in [2.24, 2.45) is 0 Å². The summed E-state index contributed by atoms with van der Waals surface area (Å²) in [6.45, 7) is 4.65. The van der Waals surface area contributed by atoms with Crippen LogP contribution in [0.1, 0.15) is 18.4 Å². The second-order valence-corrected chi connectivity index (χ2v) is 6.84. The zero-order valence-electron chi connectivity index (χ0n) is 14.4. The SMILES string of the molecule is Cc1ccc(Cl)c(OCC(=O)N2CCN(C(=O)C3CCCO3)CC2)c1. The van der Waals surface area contributed by atoms with E-state index in [0.29, 0.717) is 43.6 Å². The molecule has 2 aliphatic rings. The molecule has 1 aromatic carbocycles. The molecular formula is C18H23ClN2O4. The molecule has 1 aromatic rings. The Bertz CT molecular complexity index is 638.